The van der Waals surface area contributed by atoms with Crippen LogP contribution in [0.25, 0.3) is 0 Å². The minimum atomic E-state index is 0.507. The fraction of sp³-hybridized carbons (Fsp3) is 0.818. The summed E-state index contributed by atoms with van der Waals surface area (Å²) in [6, 6.07) is 0. The lowest BCUT2D eigenvalue weighted by Gasteiger charge is -2.29. The lowest BCUT2D eigenvalue weighted by atomic mass is 9.76. The van der Waals surface area contributed by atoms with Gasteiger partial charge in [-0.3, -0.25) is 0 Å². The van der Waals surface area contributed by atoms with Crippen LogP contribution in [0.15, 0.2) is 11.1 Å². The van der Waals surface area contributed by atoms with Crippen molar-refractivity contribution in [2.24, 2.45) is 11.3 Å². The molecule has 0 radical (unpaired) electrons. The van der Waals surface area contributed by atoms with Crippen LogP contribution in [0.2, 0.25) is 0 Å². The fourth-order valence-electron chi connectivity index (χ4n) is 1.54. The van der Waals surface area contributed by atoms with Gasteiger partial charge in [0.05, 0.1) is 0 Å². The largest absolute Gasteiger partial charge is 0.0694 e. The summed E-state index contributed by atoms with van der Waals surface area (Å²) in [4.78, 5) is 0. The third-order valence-electron chi connectivity index (χ3n) is 3.48. The quantitative estimate of drug-likeness (QED) is 0.540. The molecule has 0 spiro atoms. The molecule has 1 rings (SSSR count). The van der Waals surface area contributed by atoms with E-state index in [1.54, 1.807) is 11.1 Å². The van der Waals surface area contributed by atoms with Crippen molar-refractivity contribution in [2.75, 3.05) is 0 Å². The molecule has 11 heavy (non-hydrogen) atoms. The van der Waals surface area contributed by atoms with Gasteiger partial charge in [0.25, 0.3) is 0 Å². The van der Waals surface area contributed by atoms with Crippen molar-refractivity contribution in [3.8, 4) is 0 Å². The normalized spacial score (nSPS) is 20.5. The molecule has 64 valence electrons. The number of allylic oxidation sites excluding steroid dienone is 2. The van der Waals surface area contributed by atoms with Crippen molar-refractivity contribution >= 4 is 0 Å². The van der Waals surface area contributed by atoms with Crippen molar-refractivity contribution < 1.29 is 0 Å². The van der Waals surface area contributed by atoms with E-state index in [4.69, 9.17) is 0 Å². The molecule has 0 N–H and O–H groups in total. The molecule has 0 fully saturated rings. The first-order chi connectivity index (χ1) is 4.99. The molecule has 1 aliphatic rings. The Balaban J connectivity index is 2.61. The first-order valence-corrected chi connectivity index (χ1v) is 4.67. The van der Waals surface area contributed by atoms with Gasteiger partial charge in [-0.05, 0) is 24.7 Å². The zero-order valence-corrected chi connectivity index (χ0v) is 8.49. The van der Waals surface area contributed by atoms with E-state index >= 15 is 0 Å². The maximum Gasteiger partial charge on any atom is -0.0103 e. The first kappa shape index (κ1) is 8.83. The maximum absolute atomic E-state index is 2.37. The molecular weight excluding hydrogens is 132 g/mol. The van der Waals surface area contributed by atoms with Crippen molar-refractivity contribution in [3.63, 3.8) is 0 Å². The lowest BCUT2D eigenvalue weighted by molar-refractivity contribution is 0.259. The summed E-state index contributed by atoms with van der Waals surface area (Å²) in [5, 5.41) is 0. The van der Waals surface area contributed by atoms with Crippen LogP contribution in [0.3, 0.4) is 0 Å². The highest BCUT2D eigenvalue weighted by Crippen LogP contribution is 2.45. The van der Waals surface area contributed by atoms with Gasteiger partial charge < -0.3 is 0 Å². The van der Waals surface area contributed by atoms with Crippen LogP contribution in [0.4, 0.5) is 0 Å². The second kappa shape index (κ2) is 2.66. The Morgan fingerprint density at radius 1 is 1.45 bits per heavy atom. The molecule has 0 heterocycles. The summed E-state index contributed by atoms with van der Waals surface area (Å²) >= 11 is 0. The minimum Gasteiger partial charge on any atom is -0.0694 e. The smallest absolute Gasteiger partial charge is 0.0103 e. The molecule has 0 aromatic heterocycles. The summed E-state index contributed by atoms with van der Waals surface area (Å²) in [7, 11) is 0. The zero-order chi connectivity index (χ0) is 8.65. The second-order valence-electron chi connectivity index (χ2n) is 4.55. The highest BCUT2D eigenvalue weighted by Gasteiger charge is 2.32. The molecule has 0 amide bonds. The zero-order valence-electron chi connectivity index (χ0n) is 8.49. The van der Waals surface area contributed by atoms with Crippen LogP contribution >= 0.6 is 0 Å². The van der Waals surface area contributed by atoms with E-state index in [0.29, 0.717) is 5.41 Å². The molecule has 1 aliphatic carbocycles. The van der Waals surface area contributed by atoms with Crippen LogP contribution in [0.5, 0.6) is 0 Å². The highest BCUT2D eigenvalue weighted by molar-refractivity contribution is 5.35. The average Bonchev–Trinajstić information content (AvgIpc) is 2.65. The van der Waals surface area contributed by atoms with Gasteiger partial charge >= 0.3 is 0 Å². The molecule has 1 unspecified atom stereocenters. The van der Waals surface area contributed by atoms with E-state index in [2.05, 4.69) is 34.6 Å². The predicted molar refractivity (Wildman–Crippen MR) is 50.6 cm³/mol. The lowest BCUT2D eigenvalue weighted by Crippen LogP contribution is -2.19. The Bertz CT molecular complexity index is 184. The summed E-state index contributed by atoms with van der Waals surface area (Å²) in [6.45, 7) is 11.7. The molecule has 0 saturated heterocycles. The van der Waals surface area contributed by atoms with E-state index in [1.807, 2.05) is 0 Å². The fourth-order valence-corrected chi connectivity index (χ4v) is 1.54. The summed E-state index contributed by atoms with van der Waals surface area (Å²) in [5.74, 6) is 0.799. The molecule has 1 atom stereocenters. The molecule has 0 aliphatic heterocycles. The van der Waals surface area contributed by atoms with Crippen LogP contribution in [0, 0.1) is 11.3 Å². The molecule has 0 saturated carbocycles. The Hall–Kier alpha value is -0.260. The van der Waals surface area contributed by atoms with Crippen LogP contribution in [0.1, 0.15) is 47.5 Å². The predicted octanol–water partition coefficient (Wildman–Crippen LogP) is 3.78. The van der Waals surface area contributed by atoms with E-state index in [0.717, 1.165) is 5.92 Å². The van der Waals surface area contributed by atoms with Crippen molar-refractivity contribution in [2.45, 2.75) is 47.5 Å². The van der Waals surface area contributed by atoms with Gasteiger partial charge in [-0.1, -0.05) is 45.3 Å². The Kier molecular flexibility index (Phi) is 2.13. The topological polar surface area (TPSA) is 0 Å². The first-order valence-electron chi connectivity index (χ1n) is 4.67. The molecule has 0 bridgehead atoms. The van der Waals surface area contributed by atoms with Crippen molar-refractivity contribution in [3.05, 3.63) is 11.1 Å². The van der Waals surface area contributed by atoms with Gasteiger partial charge in [-0.2, -0.15) is 0 Å². The molecule has 0 nitrogen and oxygen atoms in total. The van der Waals surface area contributed by atoms with Crippen LogP contribution in [-0.4, -0.2) is 0 Å². The third-order valence-corrected chi connectivity index (χ3v) is 3.48. The average molecular weight is 152 g/mol. The van der Waals surface area contributed by atoms with E-state index in [1.165, 1.54) is 12.8 Å². The van der Waals surface area contributed by atoms with Crippen LogP contribution < -0.4 is 0 Å². The monoisotopic (exact) mass is 152 g/mol. The van der Waals surface area contributed by atoms with Gasteiger partial charge in [-0.15, -0.1) is 0 Å². The minimum absolute atomic E-state index is 0.507. The second-order valence-corrected chi connectivity index (χ2v) is 4.55. The van der Waals surface area contributed by atoms with Crippen molar-refractivity contribution in [1.82, 2.24) is 0 Å². The van der Waals surface area contributed by atoms with Crippen molar-refractivity contribution in [1.29, 1.82) is 0 Å². The Morgan fingerprint density at radius 3 is 2.18 bits per heavy atom. The van der Waals surface area contributed by atoms with Gasteiger partial charge in [0.1, 0.15) is 0 Å². The van der Waals surface area contributed by atoms with E-state index in [9.17, 15) is 0 Å². The van der Waals surface area contributed by atoms with Gasteiger partial charge in [0.2, 0.25) is 0 Å². The summed E-state index contributed by atoms with van der Waals surface area (Å²) < 4.78 is 0. The maximum atomic E-state index is 2.37. The summed E-state index contributed by atoms with van der Waals surface area (Å²) in [5.41, 5.74) is 3.86. The number of rotatable bonds is 3. The van der Waals surface area contributed by atoms with Gasteiger partial charge in [0.15, 0.2) is 0 Å². The third kappa shape index (κ3) is 1.66. The van der Waals surface area contributed by atoms with Gasteiger partial charge in [0, 0.05) is 0 Å². The number of hydrogen-bond acceptors (Lipinski definition) is 0. The molecular formula is C11H20. The van der Waals surface area contributed by atoms with Crippen LogP contribution in [-0.2, 0) is 0 Å². The molecule has 0 aromatic carbocycles. The standard InChI is InChI=1S/C11H20/c1-6-11(4,5)9(3)10-7-8(10)2/h9H,6-7H2,1-5H3. The van der Waals surface area contributed by atoms with Gasteiger partial charge in [-0.25, -0.2) is 0 Å². The molecule has 0 heteroatoms. The Labute approximate surface area is 70.7 Å². The Morgan fingerprint density at radius 2 is 1.91 bits per heavy atom. The summed E-state index contributed by atoms with van der Waals surface area (Å²) in [6.07, 6.45) is 2.59. The SMILES string of the molecule is CCC(C)(C)C(C)C1=C(C)C1. The molecule has 0 aromatic rings. The van der Waals surface area contributed by atoms with E-state index < -0.39 is 0 Å². The van der Waals surface area contributed by atoms with E-state index in [-0.39, 0.29) is 0 Å². The number of hydrogen-bond donors (Lipinski definition) is 0. The highest BCUT2D eigenvalue weighted by atomic mass is 14.4.